The Morgan fingerprint density at radius 3 is 2.48 bits per heavy atom. The van der Waals surface area contributed by atoms with Crippen LogP contribution in [0.1, 0.15) is 46.5 Å². The third-order valence-electron chi connectivity index (χ3n) is 4.22. The molecule has 2 aromatic rings. The number of hydrogen-bond acceptors (Lipinski definition) is 4. The van der Waals surface area contributed by atoms with E-state index in [1.165, 1.54) is 7.11 Å². The number of phenolic OH excluding ortho intramolecular Hbond substituents is 1. The lowest BCUT2D eigenvalue weighted by Gasteiger charge is -2.15. The van der Waals surface area contributed by atoms with Gasteiger partial charge in [0.15, 0.2) is 0 Å². The topological polar surface area (TPSA) is 55.8 Å². The molecule has 4 heteroatoms. The summed E-state index contributed by atoms with van der Waals surface area (Å²) in [7, 11) is 2.85. The van der Waals surface area contributed by atoms with Crippen molar-refractivity contribution in [1.82, 2.24) is 0 Å². The van der Waals surface area contributed by atoms with E-state index in [2.05, 4.69) is 0 Å². The van der Waals surface area contributed by atoms with E-state index >= 15 is 0 Å². The van der Waals surface area contributed by atoms with Gasteiger partial charge in [-0.3, -0.25) is 0 Å². The largest absolute Gasteiger partial charge is 0.507 e. The van der Waals surface area contributed by atoms with Crippen molar-refractivity contribution in [2.45, 2.75) is 27.2 Å². The molecule has 0 spiro atoms. The van der Waals surface area contributed by atoms with Crippen LogP contribution in [0, 0.1) is 6.92 Å². The van der Waals surface area contributed by atoms with Gasteiger partial charge in [0.25, 0.3) is 0 Å². The van der Waals surface area contributed by atoms with Gasteiger partial charge in [-0.2, -0.15) is 0 Å². The summed E-state index contributed by atoms with van der Waals surface area (Å²) < 4.78 is 10.4. The standard InChI is InChI=1S/C23H26O4/c1-15(2)9-12-19-20(26-4)14-18(21(22(19)24)23(25)27-5)11-10-17-8-6-7-16(3)13-17/h6-11,13-14,24H,12H2,1-5H3. The molecular formula is C23H26O4. The molecule has 142 valence electrons. The molecule has 0 unspecified atom stereocenters. The minimum absolute atomic E-state index is 0.109. The minimum atomic E-state index is -0.586. The number of methoxy groups -OCH3 is 2. The first-order valence-electron chi connectivity index (χ1n) is 8.76. The van der Waals surface area contributed by atoms with Crippen molar-refractivity contribution in [3.05, 3.63) is 69.8 Å². The van der Waals surface area contributed by atoms with E-state index in [9.17, 15) is 9.90 Å². The van der Waals surface area contributed by atoms with E-state index in [4.69, 9.17) is 9.47 Å². The van der Waals surface area contributed by atoms with Gasteiger partial charge >= 0.3 is 5.97 Å². The molecule has 0 aromatic heterocycles. The zero-order chi connectivity index (χ0) is 20.0. The summed E-state index contributed by atoms with van der Waals surface area (Å²) in [5.41, 5.74) is 4.49. The maximum atomic E-state index is 12.3. The Morgan fingerprint density at radius 1 is 1.15 bits per heavy atom. The molecule has 0 aliphatic rings. The van der Waals surface area contributed by atoms with Crippen molar-refractivity contribution >= 4 is 18.1 Å². The predicted molar refractivity (Wildman–Crippen MR) is 109 cm³/mol. The van der Waals surface area contributed by atoms with Gasteiger partial charge in [0.1, 0.15) is 17.1 Å². The van der Waals surface area contributed by atoms with E-state index in [1.807, 2.05) is 57.2 Å². The average molecular weight is 366 g/mol. The molecule has 0 atom stereocenters. The maximum Gasteiger partial charge on any atom is 0.342 e. The highest BCUT2D eigenvalue weighted by atomic mass is 16.5. The molecule has 0 saturated heterocycles. The van der Waals surface area contributed by atoms with E-state index < -0.39 is 5.97 Å². The van der Waals surface area contributed by atoms with Gasteiger partial charge in [0, 0.05) is 5.56 Å². The molecule has 0 heterocycles. The van der Waals surface area contributed by atoms with Gasteiger partial charge in [-0.05, 0) is 44.4 Å². The average Bonchev–Trinajstić information content (AvgIpc) is 2.64. The van der Waals surface area contributed by atoms with Gasteiger partial charge in [0.2, 0.25) is 0 Å². The number of ether oxygens (including phenoxy) is 2. The second-order valence-electron chi connectivity index (χ2n) is 6.59. The Balaban J connectivity index is 2.60. The van der Waals surface area contributed by atoms with Crippen LogP contribution >= 0.6 is 0 Å². The number of hydrogen-bond donors (Lipinski definition) is 1. The van der Waals surface area contributed by atoms with E-state index in [0.717, 1.165) is 16.7 Å². The summed E-state index contributed by atoms with van der Waals surface area (Å²) in [5, 5.41) is 10.8. The van der Waals surface area contributed by atoms with Crippen LogP contribution in [0.3, 0.4) is 0 Å². The zero-order valence-corrected chi connectivity index (χ0v) is 16.5. The van der Waals surface area contributed by atoms with Gasteiger partial charge in [-0.25, -0.2) is 4.79 Å². The minimum Gasteiger partial charge on any atom is -0.507 e. The third-order valence-corrected chi connectivity index (χ3v) is 4.22. The predicted octanol–water partition coefficient (Wildman–Crippen LogP) is 5.17. The molecule has 4 nitrogen and oxygen atoms in total. The molecule has 0 saturated carbocycles. The summed E-state index contributed by atoms with van der Waals surface area (Å²) in [5.74, 6) is -0.165. The number of aryl methyl sites for hydroxylation is 1. The number of benzene rings is 2. The lowest BCUT2D eigenvalue weighted by atomic mass is 9.97. The van der Waals surface area contributed by atoms with Crippen LogP contribution in [0.25, 0.3) is 12.2 Å². The zero-order valence-electron chi connectivity index (χ0n) is 16.5. The van der Waals surface area contributed by atoms with Crippen LogP contribution in [0.2, 0.25) is 0 Å². The van der Waals surface area contributed by atoms with Crippen LogP contribution in [0.15, 0.2) is 42.0 Å². The summed E-state index contributed by atoms with van der Waals surface area (Å²) in [4.78, 5) is 12.3. The Bertz CT molecular complexity index is 887. The second kappa shape index (κ2) is 9.08. The smallest absolute Gasteiger partial charge is 0.342 e. The van der Waals surface area contributed by atoms with Crippen molar-refractivity contribution in [3.8, 4) is 11.5 Å². The molecule has 0 aliphatic carbocycles. The van der Waals surface area contributed by atoms with E-state index in [-0.39, 0.29) is 11.3 Å². The molecule has 1 N–H and O–H groups in total. The number of rotatable bonds is 6. The maximum absolute atomic E-state index is 12.3. The Labute approximate surface area is 160 Å². The highest BCUT2D eigenvalue weighted by Gasteiger charge is 2.22. The number of esters is 1. The lowest BCUT2D eigenvalue weighted by Crippen LogP contribution is -2.07. The van der Waals surface area contributed by atoms with Crippen LogP contribution < -0.4 is 4.74 Å². The van der Waals surface area contributed by atoms with E-state index in [1.54, 1.807) is 19.3 Å². The first-order valence-corrected chi connectivity index (χ1v) is 8.76. The summed E-state index contributed by atoms with van der Waals surface area (Å²) in [6, 6.07) is 9.75. The molecular weight excluding hydrogens is 340 g/mol. The second-order valence-corrected chi connectivity index (χ2v) is 6.59. The molecule has 0 radical (unpaired) electrons. The van der Waals surface area contributed by atoms with Crippen LogP contribution in [0.5, 0.6) is 11.5 Å². The number of carbonyl (C=O) groups is 1. The van der Waals surface area contributed by atoms with Crippen LogP contribution in [0.4, 0.5) is 0 Å². The molecule has 0 amide bonds. The Kier molecular flexibility index (Phi) is 6.83. The van der Waals surface area contributed by atoms with Gasteiger partial charge in [-0.1, -0.05) is 53.6 Å². The number of allylic oxidation sites excluding steroid dienone is 2. The number of phenols is 1. The highest BCUT2D eigenvalue weighted by molar-refractivity contribution is 5.98. The van der Waals surface area contributed by atoms with Crippen LogP contribution in [-0.2, 0) is 11.2 Å². The first-order chi connectivity index (χ1) is 12.9. The molecule has 0 aliphatic heterocycles. The summed E-state index contributed by atoms with van der Waals surface area (Å²) in [6.07, 6.45) is 6.11. The summed E-state index contributed by atoms with van der Waals surface area (Å²) >= 11 is 0. The van der Waals surface area contributed by atoms with Gasteiger partial charge in [0.05, 0.1) is 14.2 Å². The van der Waals surface area contributed by atoms with Crippen molar-refractivity contribution < 1.29 is 19.4 Å². The molecule has 27 heavy (non-hydrogen) atoms. The van der Waals surface area contributed by atoms with Gasteiger partial charge < -0.3 is 14.6 Å². The van der Waals surface area contributed by atoms with Crippen molar-refractivity contribution in [2.75, 3.05) is 14.2 Å². The SMILES string of the molecule is COC(=O)c1c(C=Cc2cccc(C)c2)cc(OC)c(CC=C(C)C)c1O. The van der Waals surface area contributed by atoms with Crippen LogP contribution in [-0.4, -0.2) is 25.3 Å². The Morgan fingerprint density at radius 2 is 1.89 bits per heavy atom. The fraction of sp³-hybridized carbons (Fsp3) is 0.261. The molecule has 0 bridgehead atoms. The quantitative estimate of drug-likeness (QED) is 0.435. The number of carbonyl (C=O) groups excluding carboxylic acids is 1. The molecule has 2 aromatic carbocycles. The Hall–Kier alpha value is -3.01. The van der Waals surface area contributed by atoms with Crippen molar-refractivity contribution in [1.29, 1.82) is 0 Å². The first kappa shape index (κ1) is 20.3. The van der Waals surface area contributed by atoms with Crippen molar-refractivity contribution in [3.63, 3.8) is 0 Å². The van der Waals surface area contributed by atoms with Gasteiger partial charge in [-0.15, -0.1) is 0 Å². The number of aromatic hydroxyl groups is 1. The van der Waals surface area contributed by atoms with E-state index in [0.29, 0.717) is 23.3 Å². The highest BCUT2D eigenvalue weighted by Crippen LogP contribution is 2.36. The third kappa shape index (κ3) is 5.00. The fourth-order valence-corrected chi connectivity index (χ4v) is 2.80. The molecule has 0 fully saturated rings. The summed E-state index contributed by atoms with van der Waals surface area (Å²) in [6.45, 7) is 5.97. The molecule has 2 rings (SSSR count). The normalized spacial score (nSPS) is 10.7. The fourth-order valence-electron chi connectivity index (χ4n) is 2.80. The van der Waals surface area contributed by atoms with Crippen molar-refractivity contribution in [2.24, 2.45) is 0 Å². The lowest BCUT2D eigenvalue weighted by molar-refractivity contribution is 0.0597. The monoisotopic (exact) mass is 366 g/mol.